The highest BCUT2D eigenvalue weighted by molar-refractivity contribution is 5.89. The third kappa shape index (κ3) is 6.42. The van der Waals surface area contributed by atoms with Crippen molar-refractivity contribution in [3.05, 3.63) is 77.7 Å². The number of hydrogen-bond acceptors (Lipinski definition) is 7. The zero-order valence-electron chi connectivity index (χ0n) is 21.7. The van der Waals surface area contributed by atoms with Crippen LogP contribution in [0, 0.1) is 19.7 Å². The number of halogens is 1. The monoisotopic (exact) mass is 520 g/mol. The number of methoxy groups -OCH3 is 2. The maximum atomic E-state index is 12.9. The van der Waals surface area contributed by atoms with Crippen LogP contribution < -0.4 is 24.3 Å². The van der Waals surface area contributed by atoms with Crippen molar-refractivity contribution in [1.82, 2.24) is 4.98 Å². The summed E-state index contributed by atoms with van der Waals surface area (Å²) in [5, 5.41) is 3.55. The molecule has 1 N–H and O–H groups in total. The summed E-state index contributed by atoms with van der Waals surface area (Å²) in [6.07, 6.45) is 1.60. The minimum atomic E-state index is -0.566. The van der Waals surface area contributed by atoms with E-state index in [-0.39, 0.29) is 12.4 Å². The summed E-state index contributed by atoms with van der Waals surface area (Å²) in [6, 6.07) is 14.8. The van der Waals surface area contributed by atoms with E-state index in [2.05, 4.69) is 10.3 Å². The van der Waals surface area contributed by atoms with Crippen LogP contribution in [0.4, 0.5) is 14.9 Å². The van der Waals surface area contributed by atoms with E-state index in [1.54, 1.807) is 44.7 Å². The molecule has 0 bridgehead atoms. The van der Waals surface area contributed by atoms with Crippen LogP contribution >= 0.6 is 0 Å². The maximum absolute atomic E-state index is 12.9. The Kier molecular flexibility index (Phi) is 8.47. The van der Waals surface area contributed by atoms with Crippen LogP contribution in [0.15, 0.2) is 60.8 Å². The number of nitrogens with zero attached hydrogens (tertiary/aromatic N) is 1. The lowest BCUT2D eigenvalue weighted by Gasteiger charge is -2.16. The molecule has 4 rings (SSSR count). The molecule has 1 heterocycles. The van der Waals surface area contributed by atoms with E-state index in [9.17, 15) is 9.18 Å². The Bertz CT molecular complexity index is 1430. The van der Waals surface area contributed by atoms with Crippen molar-refractivity contribution in [1.29, 1.82) is 0 Å². The van der Waals surface area contributed by atoms with Gasteiger partial charge in [0.1, 0.15) is 23.1 Å². The summed E-state index contributed by atoms with van der Waals surface area (Å²) >= 11 is 0. The second-order valence-electron chi connectivity index (χ2n) is 8.48. The molecule has 0 spiro atoms. The lowest BCUT2D eigenvalue weighted by Crippen LogP contribution is -2.16. The van der Waals surface area contributed by atoms with Crippen LogP contribution in [0.1, 0.15) is 17.5 Å². The van der Waals surface area contributed by atoms with Gasteiger partial charge in [-0.05, 0) is 73.5 Å². The number of fused-ring (bicyclic) bond motifs is 1. The van der Waals surface area contributed by atoms with Crippen LogP contribution in [-0.2, 0) is 4.74 Å². The van der Waals surface area contributed by atoms with Gasteiger partial charge in [-0.25, -0.2) is 9.18 Å². The average molecular weight is 521 g/mol. The third-order valence-corrected chi connectivity index (χ3v) is 5.79. The first-order valence-electron chi connectivity index (χ1n) is 12.0. The van der Waals surface area contributed by atoms with Crippen LogP contribution in [0.5, 0.6) is 28.7 Å². The molecule has 0 saturated carbocycles. The van der Waals surface area contributed by atoms with E-state index >= 15 is 0 Å². The number of anilines is 1. The van der Waals surface area contributed by atoms with Crippen LogP contribution in [0.3, 0.4) is 0 Å². The summed E-state index contributed by atoms with van der Waals surface area (Å²) in [5.41, 5.74) is 2.95. The smallest absolute Gasteiger partial charge is 0.411 e. The summed E-state index contributed by atoms with van der Waals surface area (Å²) < 4.78 is 40.8. The van der Waals surface area contributed by atoms with Gasteiger partial charge in [-0.3, -0.25) is 10.3 Å². The zero-order chi connectivity index (χ0) is 27.1. The molecule has 0 atom stereocenters. The Morgan fingerprint density at radius 1 is 0.868 bits per heavy atom. The molecular formula is C29H29FN2O6. The highest BCUT2D eigenvalue weighted by Gasteiger charge is 2.14. The Hall–Kier alpha value is -4.53. The Labute approximate surface area is 220 Å². The number of carbonyl (C=O) groups is 1. The molecular weight excluding hydrogens is 491 g/mol. The Balaban J connectivity index is 1.37. The van der Waals surface area contributed by atoms with E-state index in [4.69, 9.17) is 23.7 Å². The first-order chi connectivity index (χ1) is 18.4. The molecule has 0 aliphatic rings. The van der Waals surface area contributed by atoms with E-state index < -0.39 is 6.09 Å². The molecule has 0 radical (unpaired) electrons. The van der Waals surface area contributed by atoms with Gasteiger partial charge in [0, 0.05) is 29.8 Å². The molecule has 1 amide bonds. The zero-order valence-corrected chi connectivity index (χ0v) is 21.7. The van der Waals surface area contributed by atoms with E-state index in [0.29, 0.717) is 53.0 Å². The predicted molar refractivity (Wildman–Crippen MR) is 142 cm³/mol. The first kappa shape index (κ1) is 26.5. The van der Waals surface area contributed by atoms with Gasteiger partial charge in [0.15, 0.2) is 11.5 Å². The molecule has 3 aromatic carbocycles. The molecule has 0 unspecified atom stereocenters. The fourth-order valence-corrected chi connectivity index (χ4v) is 3.78. The van der Waals surface area contributed by atoms with Crippen molar-refractivity contribution < 1.29 is 32.9 Å². The van der Waals surface area contributed by atoms with Gasteiger partial charge in [0.2, 0.25) is 0 Å². The Morgan fingerprint density at radius 3 is 2.34 bits per heavy atom. The SMILES string of the molecule is COc1cc2nccc(Oc3cc(C)c(NC(=O)OCCCOc4ccc(F)cc4)cc3C)c2cc1OC. The van der Waals surface area contributed by atoms with Crippen LogP contribution in [-0.4, -0.2) is 38.5 Å². The largest absolute Gasteiger partial charge is 0.493 e. The molecule has 0 aliphatic heterocycles. The van der Waals surface area contributed by atoms with Gasteiger partial charge in [-0.2, -0.15) is 0 Å². The number of pyridine rings is 1. The quantitative estimate of drug-likeness (QED) is 0.230. The number of ether oxygens (including phenoxy) is 5. The average Bonchev–Trinajstić information content (AvgIpc) is 2.91. The number of aryl methyl sites for hydroxylation is 2. The number of amides is 1. The number of hydrogen-bond donors (Lipinski definition) is 1. The van der Waals surface area contributed by atoms with Crippen molar-refractivity contribution in [2.24, 2.45) is 0 Å². The third-order valence-electron chi connectivity index (χ3n) is 5.79. The highest BCUT2D eigenvalue weighted by Crippen LogP contribution is 2.38. The minimum Gasteiger partial charge on any atom is -0.493 e. The molecule has 38 heavy (non-hydrogen) atoms. The van der Waals surface area contributed by atoms with Crippen molar-refractivity contribution in [3.8, 4) is 28.7 Å². The summed E-state index contributed by atoms with van der Waals surface area (Å²) in [5.74, 6) is 2.64. The molecule has 0 fully saturated rings. The maximum Gasteiger partial charge on any atom is 0.411 e. The number of nitrogens with one attached hydrogen (secondary N) is 1. The van der Waals surface area contributed by atoms with E-state index in [0.717, 1.165) is 16.5 Å². The molecule has 8 nitrogen and oxygen atoms in total. The summed E-state index contributed by atoms with van der Waals surface area (Å²) in [6.45, 7) is 4.28. The minimum absolute atomic E-state index is 0.176. The van der Waals surface area contributed by atoms with Crippen molar-refractivity contribution in [2.75, 3.05) is 32.8 Å². The molecule has 198 valence electrons. The molecule has 1 aromatic heterocycles. The fourth-order valence-electron chi connectivity index (χ4n) is 3.78. The lowest BCUT2D eigenvalue weighted by atomic mass is 10.1. The second-order valence-corrected chi connectivity index (χ2v) is 8.48. The van der Waals surface area contributed by atoms with Gasteiger partial charge in [-0.15, -0.1) is 0 Å². The highest BCUT2D eigenvalue weighted by atomic mass is 19.1. The number of rotatable bonds is 10. The standard InChI is InChI=1S/C29H29FN2O6/c1-18-15-26(38-25-10-11-31-24-17-28(35-4)27(34-3)16-22(24)25)19(2)14-23(18)32-29(33)37-13-5-12-36-21-8-6-20(30)7-9-21/h6-11,14-17H,5,12-13H2,1-4H3,(H,32,33). The van der Waals surface area contributed by atoms with Gasteiger partial charge < -0.3 is 23.7 Å². The predicted octanol–water partition coefficient (Wildman–Crippen LogP) is 6.82. The normalized spacial score (nSPS) is 10.7. The van der Waals surface area contributed by atoms with Crippen molar-refractivity contribution in [3.63, 3.8) is 0 Å². The van der Waals surface area contributed by atoms with Gasteiger partial charge in [0.05, 0.1) is 33.0 Å². The Morgan fingerprint density at radius 2 is 1.61 bits per heavy atom. The van der Waals surface area contributed by atoms with Gasteiger partial charge in [-0.1, -0.05) is 0 Å². The number of carbonyl (C=O) groups excluding carboxylic acids is 1. The van der Waals surface area contributed by atoms with Gasteiger partial charge >= 0.3 is 6.09 Å². The summed E-state index contributed by atoms with van der Waals surface area (Å²) in [4.78, 5) is 16.7. The molecule has 0 aliphatic carbocycles. The van der Waals surface area contributed by atoms with Crippen LogP contribution in [0.2, 0.25) is 0 Å². The second kappa shape index (κ2) is 12.1. The van der Waals surface area contributed by atoms with E-state index in [1.165, 1.54) is 12.1 Å². The van der Waals surface area contributed by atoms with Crippen LogP contribution in [0.25, 0.3) is 10.9 Å². The summed E-state index contributed by atoms with van der Waals surface area (Å²) in [7, 11) is 3.15. The first-order valence-corrected chi connectivity index (χ1v) is 12.0. The fraction of sp³-hybridized carbons (Fsp3) is 0.241. The topological polar surface area (TPSA) is 88.1 Å². The van der Waals surface area contributed by atoms with E-state index in [1.807, 2.05) is 32.0 Å². The van der Waals surface area contributed by atoms with Gasteiger partial charge in [0.25, 0.3) is 0 Å². The van der Waals surface area contributed by atoms with Crippen molar-refractivity contribution >= 4 is 22.7 Å². The number of benzene rings is 3. The van der Waals surface area contributed by atoms with Crippen molar-refractivity contribution in [2.45, 2.75) is 20.3 Å². The number of aromatic nitrogens is 1. The molecule has 0 saturated heterocycles. The molecule has 9 heteroatoms. The molecule has 4 aromatic rings. The lowest BCUT2D eigenvalue weighted by molar-refractivity contribution is 0.152.